The summed E-state index contributed by atoms with van der Waals surface area (Å²) in [6.45, 7) is 2.38. The van der Waals surface area contributed by atoms with Gasteiger partial charge in [-0.15, -0.1) is 0 Å². The van der Waals surface area contributed by atoms with E-state index in [0.717, 1.165) is 80.0 Å². The molecule has 0 spiro atoms. The zero-order valence-corrected chi connectivity index (χ0v) is 26.3. The molecule has 2 aromatic carbocycles. The maximum Gasteiger partial charge on any atom is 0.124 e. The van der Waals surface area contributed by atoms with E-state index >= 15 is 0 Å². The fraction of sp³-hybridized carbons (Fsp3) is 0.250. The van der Waals surface area contributed by atoms with Crippen molar-refractivity contribution >= 4 is 42.9 Å². The molecule has 7 nitrogen and oxygen atoms in total. The van der Waals surface area contributed by atoms with Crippen LogP contribution >= 0.6 is 9.39 Å². The fourth-order valence-electron chi connectivity index (χ4n) is 6.35. The second kappa shape index (κ2) is 12.2. The average Bonchev–Trinajstić information content (AvgIpc) is 3.79. The van der Waals surface area contributed by atoms with Crippen LogP contribution < -0.4 is 10.0 Å². The first-order chi connectivity index (χ1) is 21.8. The van der Waals surface area contributed by atoms with Crippen molar-refractivity contribution in [1.29, 1.82) is 0 Å². The van der Waals surface area contributed by atoms with E-state index in [1.165, 1.54) is 31.2 Å². The molecule has 0 amide bonds. The van der Waals surface area contributed by atoms with Gasteiger partial charge < -0.3 is 10.3 Å². The Morgan fingerprint density at radius 3 is 2.51 bits per heavy atom. The Morgan fingerprint density at radius 1 is 0.844 bits per heavy atom. The van der Waals surface area contributed by atoms with E-state index in [2.05, 4.69) is 77.3 Å². The lowest BCUT2D eigenvalue weighted by molar-refractivity contribution is 0.489. The van der Waals surface area contributed by atoms with Gasteiger partial charge in [0.25, 0.3) is 0 Å². The average molecular weight is 620 g/mol. The van der Waals surface area contributed by atoms with E-state index in [0.29, 0.717) is 6.54 Å². The number of rotatable bonds is 10. The number of pyridine rings is 2. The number of halogens is 1. The topological polar surface area (TPSA) is 94.3 Å². The Kier molecular flexibility index (Phi) is 7.99. The Hall–Kier alpha value is -4.31. The number of H-pyrrole nitrogens is 2. The van der Waals surface area contributed by atoms with Crippen LogP contribution in [0.4, 0.5) is 4.39 Å². The first kappa shape index (κ1) is 29.4. The van der Waals surface area contributed by atoms with Gasteiger partial charge >= 0.3 is 0 Å². The largest absolute Gasteiger partial charge is 0.352 e. The van der Waals surface area contributed by atoms with Crippen molar-refractivity contribution in [2.24, 2.45) is 5.92 Å². The van der Waals surface area contributed by atoms with Crippen LogP contribution in [0, 0.1) is 11.7 Å². The normalized spacial score (nSPS) is 14.2. The molecule has 0 aliphatic heterocycles. The van der Waals surface area contributed by atoms with Crippen LogP contribution in [0.1, 0.15) is 36.8 Å². The van der Waals surface area contributed by atoms with Crippen LogP contribution in [0.5, 0.6) is 0 Å². The fourth-order valence-corrected chi connectivity index (χ4v) is 6.87. The highest BCUT2D eigenvalue weighted by Crippen LogP contribution is 2.35. The van der Waals surface area contributed by atoms with Gasteiger partial charge in [-0.05, 0) is 96.3 Å². The molecular formula is C36H38FN7S. The smallest absolute Gasteiger partial charge is 0.124 e. The van der Waals surface area contributed by atoms with Gasteiger partial charge in [0.2, 0.25) is 0 Å². The van der Waals surface area contributed by atoms with Gasteiger partial charge in [0, 0.05) is 53.6 Å². The molecule has 4 aromatic heterocycles. The predicted octanol–water partition coefficient (Wildman–Crippen LogP) is 7.56. The van der Waals surface area contributed by atoms with Crippen molar-refractivity contribution < 1.29 is 4.39 Å². The number of fused-ring (bicyclic) bond motifs is 2. The minimum Gasteiger partial charge on any atom is -0.352 e. The lowest BCUT2D eigenvalue weighted by atomic mass is 10.0. The summed E-state index contributed by atoms with van der Waals surface area (Å²) in [6.07, 6.45) is 14.8. The van der Waals surface area contributed by atoms with Gasteiger partial charge in [0.1, 0.15) is 11.5 Å². The third kappa shape index (κ3) is 6.56. The van der Waals surface area contributed by atoms with Gasteiger partial charge in [-0.25, -0.2) is 4.39 Å². The molecule has 4 N–H and O–H groups in total. The van der Waals surface area contributed by atoms with Crippen molar-refractivity contribution in [3.8, 4) is 33.6 Å². The van der Waals surface area contributed by atoms with Gasteiger partial charge in [-0.2, -0.15) is 14.5 Å². The zero-order valence-electron chi connectivity index (χ0n) is 25.5. The number of nitrogens with zero attached hydrogens (tertiary/aromatic N) is 3. The van der Waals surface area contributed by atoms with E-state index < -0.39 is 9.39 Å². The molecular weight excluding hydrogens is 582 g/mol. The summed E-state index contributed by atoms with van der Waals surface area (Å²) in [5.41, 5.74) is 9.25. The molecule has 6 aromatic rings. The van der Waals surface area contributed by atoms with Gasteiger partial charge in [0.15, 0.2) is 0 Å². The second-order valence-corrected chi connectivity index (χ2v) is 15.3. The Labute approximate surface area is 263 Å². The Bertz CT molecular complexity index is 2110. The van der Waals surface area contributed by atoms with Crippen LogP contribution in [0.15, 0.2) is 73.3 Å². The molecule has 0 radical (unpaired) electrons. The third-order valence-corrected chi connectivity index (χ3v) is 9.46. The van der Waals surface area contributed by atoms with Crippen LogP contribution in [0.3, 0.4) is 0 Å². The maximum absolute atomic E-state index is 14.8. The lowest BCUT2D eigenvalue weighted by Crippen LogP contribution is -2.20. The highest BCUT2D eigenvalue weighted by atomic mass is 32.2. The first-order valence-corrected chi connectivity index (χ1v) is 17.8. The zero-order chi connectivity index (χ0) is 31.0. The number of nitrogens with one attached hydrogen (secondary N) is 4. The molecule has 0 unspecified atom stereocenters. The summed E-state index contributed by atoms with van der Waals surface area (Å²) < 4.78 is 18.1. The summed E-state index contributed by atoms with van der Waals surface area (Å²) in [7, 11) is -1.42. The van der Waals surface area contributed by atoms with Crippen molar-refractivity contribution in [1.82, 2.24) is 35.2 Å². The number of aromatic amines is 2. The van der Waals surface area contributed by atoms with E-state index in [-0.39, 0.29) is 5.82 Å². The van der Waals surface area contributed by atoms with Crippen molar-refractivity contribution in [3.05, 3.63) is 90.3 Å². The van der Waals surface area contributed by atoms with E-state index in [1.54, 1.807) is 24.5 Å². The van der Waals surface area contributed by atoms with E-state index in [4.69, 9.17) is 0 Å². The molecule has 0 saturated heterocycles. The first-order valence-electron chi connectivity index (χ1n) is 15.4. The number of hydrogen-bond donors (Lipinski definition) is 4. The summed E-state index contributed by atoms with van der Waals surface area (Å²) in [4.78, 5) is 12.5. The molecule has 0 bridgehead atoms. The summed E-state index contributed by atoms with van der Waals surface area (Å²) in [5, 5.41) is 13.5. The van der Waals surface area contributed by atoms with E-state index in [9.17, 15) is 4.39 Å². The summed E-state index contributed by atoms with van der Waals surface area (Å²) in [6, 6.07) is 15.7. The summed E-state index contributed by atoms with van der Waals surface area (Å²) in [5.74, 6) is 8.64. The predicted molar refractivity (Wildman–Crippen MR) is 188 cm³/mol. The molecule has 230 valence electrons. The van der Waals surface area contributed by atoms with Crippen molar-refractivity contribution in [2.45, 2.75) is 38.8 Å². The molecule has 1 aliphatic carbocycles. The van der Waals surface area contributed by atoms with E-state index in [1.807, 2.05) is 24.7 Å². The highest BCUT2D eigenvalue weighted by Gasteiger charge is 2.17. The molecule has 7 rings (SSSR count). The minimum atomic E-state index is -1.42. The highest BCUT2D eigenvalue weighted by molar-refractivity contribution is 8.25. The Balaban J connectivity index is 1.19. The van der Waals surface area contributed by atoms with Gasteiger partial charge in [0.05, 0.1) is 22.9 Å². The Morgan fingerprint density at radius 2 is 1.67 bits per heavy atom. The molecule has 1 saturated carbocycles. The van der Waals surface area contributed by atoms with Crippen LogP contribution in [-0.4, -0.2) is 49.7 Å². The monoisotopic (exact) mass is 619 g/mol. The van der Waals surface area contributed by atoms with Gasteiger partial charge in [-0.3, -0.25) is 19.8 Å². The molecule has 4 heterocycles. The number of aromatic nitrogens is 5. The molecule has 1 fully saturated rings. The molecule has 45 heavy (non-hydrogen) atoms. The van der Waals surface area contributed by atoms with Crippen LogP contribution in [0.25, 0.3) is 55.4 Å². The molecule has 0 atom stereocenters. The minimum absolute atomic E-state index is 0.295. The maximum atomic E-state index is 14.8. The van der Waals surface area contributed by atoms with Crippen LogP contribution in [-0.2, 0) is 13.1 Å². The summed E-state index contributed by atoms with van der Waals surface area (Å²) >= 11 is 0. The second-order valence-electron chi connectivity index (χ2n) is 12.5. The lowest BCUT2D eigenvalue weighted by Gasteiger charge is -2.12. The molecule has 9 heteroatoms. The van der Waals surface area contributed by atoms with Crippen LogP contribution in [0.2, 0.25) is 0 Å². The molecule has 1 aliphatic rings. The number of hydrogen-bond acceptors (Lipinski definition) is 5. The SMILES string of the molecule is C=S(=C)(C)NCc1cc(F)cc(-c2cncc3[nH]c(-c4n[nH]c5ccc(-c6cncc(CNCC7CCCC7)c6)cc45)cc23)c1. The van der Waals surface area contributed by atoms with Gasteiger partial charge in [-0.1, -0.05) is 30.6 Å². The third-order valence-electron chi connectivity index (χ3n) is 8.62. The standard InChI is InChI=1S/C36H38FN7S/c1-45(2,3)41-19-24-10-27(13-29(37)12-24)32-21-40-22-35-30(32)15-34(42-35)36-31-14-26(8-9-33(31)43-44-36)28-11-25(18-39-20-28)17-38-16-23-6-4-5-7-23/h8-15,18,20-23,38,41-42H,1-2,4-7,16-17,19H2,3H3,(H,43,44). The van der Waals surface area contributed by atoms with Crippen molar-refractivity contribution in [3.63, 3.8) is 0 Å². The quantitative estimate of drug-likeness (QED) is 0.119. The number of benzene rings is 2. The van der Waals surface area contributed by atoms with Crippen molar-refractivity contribution in [2.75, 3.05) is 12.8 Å².